The van der Waals surface area contributed by atoms with E-state index in [2.05, 4.69) is 45.5 Å². The molecule has 0 aromatic heterocycles. The van der Waals surface area contributed by atoms with Crippen molar-refractivity contribution in [1.29, 1.82) is 0 Å². The number of nitrogens with one attached hydrogen (secondary N) is 1. The molecule has 6 atom stereocenters. The summed E-state index contributed by atoms with van der Waals surface area (Å²) in [5.74, 6) is 4.67. The Kier molecular flexibility index (Phi) is 22.0. The zero-order valence-electron chi connectivity index (χ0n) is 29.3. The number of urea groups is 1. The maximum Gasteiger partial charge on any atom is 0.490 e. The molecule has 0 aliphatic carbocycles. The highest BCUT2D eigenvalue weighted by atomic mass is 33.1. The lowest BCUT2D eigenvalue weighted by molar-refractivity contribution is -0.126. The third-order valence-corrected chi connectivity index (χ3v) is 11.6. The summed E-state index contributed by atoms with van der Waals surface area (Å²) < 4.78 is 74.2. The van der Waals surface area contributed by atoms with Crippen LogP contribution in [0.1, 0.15) is 6.42 Å². The predicted molar refractivity (Wildman–Crippen MR) is 197 cm³/mol. The second-order valence-electron chi connectivity index (χ2n) is 10.4. The van der Waals surface area contributed by atoms with Gasteiger partial charge in [-0.15, -0.1) is 4.91 Å². The van der Waals surface area contributed by atoms with Gasteiger partial charge in [-0.1, -0.05) is 44.6 Å². The molecule has 26 nitrogen and oxygen atoms in total. The van der Waals surface area contributed by atoms with E-state index < -0.39 is 73.3 Å². The molecule has 31 heteroatoms. The van der Waals surface area contributed by atoms with Gasteiger partial charge in [-0.3, -0.25) is 19.0 Å². The number of aldehydes is 1. The number of amides is 3. The fourth-order valence-corrected chi connectivity index (χ4v) is 7.89. The molecule has 0 saturated carbocycles. The number of allylic oxidation sites excluding steroid dienone is 1. The summed E-state index contributed by atoms with van der Waals surface area (Å²) in [6, 6.07) is 4.81. The zero-order chi connectivity index (χ0) is 42.5. The van der Waals surface area contributed by atoms with Crippen LogP contribution in [0.2, 0.25) is 0 Å². The van der Waals surface area contributed by atoms with Crippen LogP contribution in [0.15, 0.2) is 46.3 Å². The number of ether oxygens (including phenoxy) is 5. The van der Waals surface area contributed by atoms with E-state index in [1.807, 2.05) is 0 Å². The van der Waals surface area contributed by atoms with Gasteiger partial charge >= 0.3 is 29.5 Å². The highest BCUT2D eigenvalue weighted by molar-refractivity contribution is 8.76. The van der Waals surface area contributed by atoms with Crippen LogP contribution in [-0.4, -0.2) is 119 Å². The lowest BCUT2D eigenvalue weighted by Gasteiger charge is -2.24. The van der Waals surface area contributed by atoms with Crippen LogP contribution in [0.5, 0.6) is 5.75 Å². The van der Waals surface area contributed by atoms with Gasteiger partial charge in [0.25, 0.3) is 0 Å². The fraction of sp³-hybridized carbons (Fsp3) is 0.500. The van der Waals surface area contributed by atoms with Gasteiger partial charge in [0.2, 0.25) is 5.91 Å². The van der Waals surface area contributed by atoms with Gasteiger partial charge < -0.3 is 54.3 Å². The summed E-state index contributed by atoms with van der Waals surface area (Å²) in [7, 11) is -14.4. The lowest BCUT2D eigenvalue weighted by Crippen LogP contribution is -2.40. The van der Waals surface area contributed by atoms with Crippen molar-refractivity contribution in [3.05, 3.63) is 51.4 Å². The number of phosphoric acid groups is 3. The van der Waals surface area contributed by atoms with E-state index in [4.69, 9.17) is 44.7 Å². The highest BCUT2D eigenvalue weighted by Gasteiger charge is 2.44. The standard InChI is InChI=1S/C26H36N7O19P3S2/c1-56-57-17-48-21-11-25(50-22(21)14-49-54(41,42)52-55(43,44)51-53(38,39)40)33(26(27)36)12-18(13-34)4-3-7-29-23(35)15-45-8-9-46-24(30-32-28)16-47-20-6-2-5-19(10-20)31-37/h2,5-6,10,12-13,21-22,24-25H,7-9,11,14-17H2,1H3,(H2,27,36)(H,29,35)(H,41,42)(H,43,44)(H2,38,39,40)/b18-12-/t21?,22-,24?,25-/m1/s1. The van der Waals surface area contributed by atoms with Crippen molar-refractivity contribution >= 4 is 69.0 Å². The average molecular weight is 908 g/mol. The first-order valence-electron chi connectivity index (χ1n) is 15.4. The average Bonchev–Trinajstić information content (AvgIpc) is 3.53. The van der Waals surface area contributed by atoms with Crippen LogP contribution in [0.4, 0.5) is 10.5 Å². The Balaban J connectivity index is 1.92. The summed E-state index contributed by atoms with van der Waals surface area (Å²) >= 11 is 0. The largest absolute Gasteiger partial charge is 0.491 e. The van der Waals surface area contributed by atoms with Gasteiger partial charge in [-0.05, 0) is 29.1 Å². The summed E-state index contributed by atoms with van der Waals surface area (Å²) in [6.07, 6.45) is -1.82. The quantitative estimate of drug-likeness (QED) is 0.00664. The first-order valence-corrected chi connectivity index (χ1v) is 22.7. The molecule has 1 aliphatic heterocycles. The van der Waals surface area contributed by atoms with Gasteiger partial charge in [-0.25, -0.2) is 18.5 Å². The minimum atomic E-state index is -5.80. The van der Waals surface area contributed by atoms with Crippen molar-refractivity contribution in [1.82, 2.24) is 10.2 Å². The molecular formula is C26H36N7O19P3S2. The topological polar surface area (TPSA) is 377 Å². The number of hydrogen-bond acceptors (Lipinski definition) is 19. The van der Waals surface area contributed by atoms with Crippen molar-refractivity contribution in [2.45, 2.75) is 31.1 Å². The summed E-state index contributed by atoms with van der Waals surface area (Å²) in [6.45, 7) is -1.97. The molecule has 1 fully saturated rings. The Bertz CT molecular complexity index is 1830. The third-order valence-electron chi connectivity index (χ3n) is 6.29. The van der Waals surface area contributed by atoms with Crippen LogP contribution in [0, 0.1) is 16.7 Å². The molecule has 1 aromatic rings. The molecular weight excluding hydrogens is 871 g/mol. The van der Waals surface area contributed by atoms with E-state index >= 15 is 0 Å². The van der Waals surface area contributed by atoms with Crippen LogP contribution in [0.3, 0.4) is 0 Å². The summed E-state index contributed by atoms with van der Waals surface area (Å²) in [5, 5.41) is 8.66. The number of primary amides is 1. The predicted octanol–water partition coefficient (Wildman–Crippen LogP) is 2.53. The number of nitroso groups, excluding NO2 is 1. The van der Waals surface area contributed by atoms with Gasteiger partial charge in [0, 0.05) is 23.6 Å². The Hall–Kier alpha value is -3.41. The molecule has 3 amide bonds. The molecule has 0 spiro atoms. The number of nitrogens with two attached hydrogens (primary N) is 1. The van der Waals surface area contributed by atoms with Crippen LogP contribution in [-0.2, 0) is 55.4 Å². The van der Waals surface area contributed by atoms with E-state index in [0.717, 1.165) is 11.1 Å². The number of benzene rings is 1. The number of phosphoric ester groups is 1. The number of nitrogens with zero attached hydrogens (tertiary/aromatic N) is 5. The number of rotatable bonds is 26. The van der Waals surface area contributed by atoms with Crippen LogP contribution < -0.4 is 15.8 Å². The van der Waals surface area contributed by atoms with Gasteiger partial charge in [-0.2, -0.15) is 8.62 Å². The van der Waals surface area contributed by atoms with Crippen molar-refractivity contribution < 1.29 is 84.5 Å². The molecule has 7 N–H and O–H groups in total. The van der Waals surface area contributed by atoms with E-state index in [0.29, 0.717) is 5.75 Å². The van der Waals surface area contributed by atoms with Gasteiger partial charge in [0.1, 0.15) is 42.9 Å². The monoisotopic (exact) mass is 907 g/mol. The Morgan fingerprint density at radius 2 is 1.96 bits per heavy atom. The minimum Gasteiger partial charge on any atom is -0.491 e. The van der Waals surface area contributed by atoms with Crippen LogP contribution >= 0.6 is 45.1 Å². The number of azide groups is 1. The van der Waals surface area contributed by atoms with E-state index in [9.17, 15) is 42.8 Å². The first-order chi connectivity index (χ1) is 26.9. The van der Waals surface area contributed by atoms with Crippen molar-refractivity contribution in [3.63, 3.8) is 0 Å². The zero-order valence-corrected chi connectivity index (χ0v) is 33.6. The highest BCUT2D eigenvalue weighted by Crippen LogP contribution is 2.66. The van der Waals surface area contributed by atoms with E-state index in [1.165, 1.54) is 33.7 Å². The normalized spacial score (nSPS) is 19.4. The fourth-order valence-electron chi connectivity index (χ4n) is 4.08. The summed E-state index contributed by atoms with van der Waals surface area (Å²) in [5.41, 5.74) is 14.1. The second-order valence-corrected chi connectivity index (χ2v) is 17.3. The molecule has 316 valence electrons. The lowest BCUT2D eigenvalue weighted by atomic mass is 10.2. The molecule has 1 aromatic carbocycles. The van der Waals surface area contributed by atoms with Gasteiger partial charge in [0.05, 0.1) is 38.0 Å². The number of carbonyl (C=O) groups excluding carboxylic acids is 3. The smallest absolute Gasteiger partial charge is 0.490 e. The molecule has 57 heavy (non-hydrogen) atoms. The Morgan fingerprint density at radius 1 is 1.21 bits per heavy atom. The first kappa shape index (κ1) is 49.7. The van der Waals surface area contributed by atoms with Crippen molar-refractivity contribution in [2.75, 3.05) is 51.8 Å². The minimum absolute atomic E-state index is 0.0438. The SMILES string of the molecule is CSSCOC1C[C@H](N(/C=C(/C#CCNC(=O)COCCOC(COc2cccc(N=O)c2)N=[N+]=[N-])C=O)C(N)=O)O[C@@H]1COP(=O)(O)OP(=O)(O)OP(=O)(O)O. The van der Waals surface area contributed by atoms with Gasteiger partial charge in [0.15, 0.2) is 12.5 Å². The van der Waals surface area contributed by atoms with E-state index in [1.54, 1.807) is 18.4 Å². The number of hydrogen-bond donors (Lipinski definition) is 6. The third kappa shape index (κ3) is 20.7. The number of carbonyl (C=O) groups is 3. The Morgan fingerprint density at radius 3 is 2.61 bits per heavy atom. The molecule has 1 saturated heterocycles. The Labute approximate surface area is 330 Å². The van der Waals surface area contributed by atoms with Crippen molar-refractivity contribution in [2.24, 2.45) is 16.0 Å². The maximum absolute atomic E-state index is 12.4. The molecule has 1 aliphatic rings. The molecule has 2 rings (SSSR count). The maximum atomic E-state index is 12.4. The summed E-state index contributed by atoms with van der Waals surface area (Å²) in [4.78, 5) is 87.0. The molecule has 0 radical (unpaired) electrons. The van der Waals surface area contributed by atoms with Crippen molar-refractivity contribution in [3.8, 4) is 17.6 Å². The molecule has 0 bridgehead atoms. The molecule has 4 unspecified atom stereocenters. The molecule has 1 heterocycles. The van der Waals surface area contributed by atoms with Crippen LogP contribution in [0.25, 0.3) is 10.4 Å². The van der Waals surface area contributed by atoms with E-state index in [-0.39, 0.29) is 56.3 Å². The second kappa shape index (κ2) is 25.2.